The number of nitrogens with zero attached hydrogens (tertiary/aromatic N) is 2. The lowest BCUT2D eigenvalue weighted by Crippen LogP contribution is -2.47. The Labute approximate surface area is 118 Å². The van der Waals surface area contributed by atoms with Crippen molar-refractivity contribution in [1.29, 1.82) is 0 Å². The lowest BCUT2D eigenvalue weighted by Gasteiger charge is -2.32. The summed E-state index contributed by atoms with van der Waals surface area (Å²) in [6.07, 6.45) is 1.64. The fraction of sp³-hybridized carbons (Fsp3) is 0.312. The van der Waals surface area contributed by atoms with Crippen molar-refractivity contribution in [2.75, 3.05) is 33.2 Å². The zero-order chi connectivity index (χ0) is 13.9. The van der Waals surface area contributed by atoms with Crippen molar-refractivity contribution in [3.05, 3.63) is 48.2 Å². The molecule has 0 spiro atoms. The monoisotopic (exact) mass is 270 g/mol. The van der Waals surface area contributed by atoms with Crippen LogP contribution >= 0.6 is 0 Å². The molecule has 1 saturated heterocycles. The van der Waals surface area contributed by atoms with E-state index >= 15 is 0 Å². The molecule has 104 valence electrons. The minimum Gasteiger partial charge on any atom is -0.464 e. The zero-order valence-corrected chi connectivity index (χ0v) is 11.6. The summed E-state index contributed by atoms with van der Waals surface area (Å²) in [5.74, 6) is 0.893. The van der Waals surface area contributed by atoms with E-state index in [0.29, 0.717) is 0 Å². The topological polar surface area (TPSA) is 36.7 Å². The van der Waals surface area contributed by atoms with Gasteiger partial charge in [0, 0.05) is 37.3 Å². The van der Waals surface area contributed by atoms with Gasteiger partial charge < -0.3 is 14.2 Å². The first-order valence-corrected chi connectivity index (χ1v) is 6.86. The Bertz CT molecular complexity index is 584. The van der Waals surface area contributed by atoms with Gasteiger partial charge in [-0.2, -0.15) is 0 Å². The molecule has 4 nitrogen and oxygen atoms in total. The molecule has 1 fully saturated rings. The zero-order valence-electron chi connectivity index (χ0n) is 11.6. The highest BCUT2D eigenvalue weighted by Crippen LogP contribution is 2.21. The predicted octanol–water partition coefficient (Wildman–Crippen LogP) is 2.33. The molecule has 2 aromatic rings. The molecule has 0 atom stereocenters. The molecule has 1 aromatic carbocycles. The summed E-state index contributed by atoms with van der Waals surface area (Å²) in [7, 11) is 2.08. The molecule has 0 radical (unpaired) electrons. The quantitative estimate of drug-likeness (QED) is 0.840. The standard InChI is InChI=1S/C16H18N2O2/c1-17-7-9-18(10-8-17)16(19)14-5-2-4-13(12-14)15-6-3-11-20-15/h2-6,11-12H,7-10H2,1H3. The summed E-state index contributed by atoms with van der Waals surface area (Å²) in [5, 5.41) is 0. The van der Waals surface area contributed by atoms with Gasteiger partial charge in [-0.1, -0.05) is 12.1 Å². The number of carbonyl (C=O) groups is 1. The highest BCUT2D eigenvalue weighted by molar-refractivity contribution is 5.95. The van der Waals surface area contributed by atoms with E-state index in [4.69, 9.17) is 4.42 Å². The number of furan rings is 1. The first-order valence-electron chi connectivity index (χ1n) is 6.86. The lowest BCUT2D eigenvalue weighted by molar-refractivity contribution is 0.0664. The first kappa shape index (κ1) is 12.9. The highest BCUT2D eigenvalue weighted by atomic mass is 16.3. The van der Waals surface area contributed by atoms with Gasteiger partial charge in [-0.15, -0.1) is 0 Å². The van der Waals surface area contributed by atoms with Gasteiger partial charge in [0.25, 0.3) is 5.91 Å². The SMILES string of the molecule is CN1CCN(C(=O)c2cccc(-c3ccco3)c2)CC1. The van der Waals surface area contributed by atoms with E-state index in [-0.39, 0.29) is 5.91 Å². The number of hydrogen-bond donors (Lipinski definition) is 0. The molecule has 1 aromatic heterocycles. The number of likely N-dealkylation sites (N-methyl/N-ethyl adjacent to an activating group) is 1. The van der Waals surface area contributed by atoms with Gasteiger partial charge >= 0.3 is 0 Å². The molecular formula is C16H18N2O2. The second-order valence-corrected chi connectivity index (χ2v) is 5.15. The highest BCUT2D eigenvalue weighted by Gasteiger charge is 2.20. The summed E-state index contributed by atoms with van der Waals surface area (Å²) in [5.41, 5.74) is 1.67. The molecule has 0 bridgehead atoms. The van der Waals surface area contributed by atoms with Crippen molar-refractivity contribution in [1.82, 2.24) is 9.80 Å². The van der Waals surface area contributed by atoms with Gasteiger partial charge in [-0.25, -0.2) is 0 Å². The van der Waals surface area contributed by atoms with Gasteiger partial charge in [0.05, 0.1) is 6.26 Å². The number of benzene rings is 1. The van der Waals surface area contributed by atoms with E-state index < -0.39 is 0 Å². The van der Waals surface area contributed by atoms with Crippen molar-refractivity contribution in [2.45, 2.75) is 0 Å². The normalized spacial score (nSPS) is 16.4. The number of amides is 1. The van der Waals surface area contributed by atoms with Gasteiger partial charge in [-0.3, -0.25) is 4.79 Å². The van der Waals surface area contributed by atoms with Crippen LogP contribution in [0.4, 0.5) is 0 Å². The Morgan fingerprint density at radius 1 is 1.10 bits per heavy atom. The molecule has 0 saturated carbocycles. The molecule has 20 heavy (non-hydrogen) atoms. The molecule has 0 aliphatic carbocycles. The maximum Gasteiger partial charge on any atom is 0.253 e. The van der Waals surface area contributed by atoms with E-state index in [9.17, 15) is 4.79 Å². The fourth-order valence-electron chi connectivity index (χ4n) is 2.44. The molecular weight excluding hydrogens is 252 g/mol. The average Bonchev–Trinajstić information content (AvgIpc) is 3.02. The minimum atomic E-state index is 0.103. The lowest BCUT2D eigenvalue weighted by atomic mass is 10.1. The van der Waals surface area contributed by atoms with Crippen LogP contribution in [0.25, 0.3) is 11.3 Å². The maximum absolute atomic E-state index is 12.5. The van der Waals surface area contributed by atoms with Crippen molar-refractivity contribution >= 4 is 5.91 Å². The largest absolute Gasteiger partial charge is 0.464 e. The summed E-state index contributed by atoms with van der Waals surface area (Å²) in [6, 6.07) is 11.4. The number of hydrogen-bond acceptors (Lipinski definition) is 3. The summed E-state index contributed by atoms with van der Waals surface area (Å²) in [4.78, 5) is 16.7. The van der Waals surface area contributed by atoms with E-state index in [2.05, 4.69) is 11.9 Å². The third kappa shape index (κ3) is 2.60. The van der Waals surface area contributed by atoms with Crippen molar-refractivity contribution in [3.63, 3.8) is 0 Å². The molecule has 1 amide bonds. The number of piperazine rings is 1. The van der Waals surface area contributed by atoms with Gasteiger partial charge in [0.1, 0.15) is 5.76 Å². The smallest absolute Gasteiger partial charge is 0.253 e. The summed E-state index contributed by atoms with van der Waals surface area (Å²) >= 11 is 0. The fourth-order valence-corrected chi connectivity index (χ4v) is 2.44. The van der Waals surface area contributed by atoms with E-state index in [1.165, 1.54) is 0 Å². The van der Waals surface area contributed by atoms with Gasteiger partial charge in [0.2, 0.25) is 0 Å². The second kappa shape index (κ2) is 5.51. The van der Waals surface area contributed by atoms with Gasteiger partial charge in [-0.05, 0) is 31.3 Å². The second-order valence-electron chi connectivity index (χ2n) is 5.15. The number of rotatable bonds is 2. The first-order chi connectivity index (χ1) is 9.74. The van der Waals surface area contributed by atoms with Crippen molar-refractivity contribution in [3.8, 4) is 11.3 Å². The van der Waals surface area contributed by atoms with Crippen LogP contribution in [0, 0.1) is 0 Å². The van der Waals surface area contributed by atoms with Crippen molar-refractivity contribution in [2.24, 2.45) is 0 Å². The Morgan fingerprint density at radius 2 is 1.90 bits per heavy atom. The Hall–Kier alpha value is -2.07. The van der Waals surface area contributed by atoms with Crippen LogP contribution in [-0.2, 0) is 0 Å². The molecule has 4 heteroatoms. The molecule has 1 aliphatic heterocycles. The van der Waals surface area contributed by atoms with Crippen molar-refractivity contribution < 1.29 is 9.21 Å². The van der Waals surface area contributed by atoms with Crippen LogP contribution in [0.3, 0.4) is 0 Å². The average molecular weight is 270 g/mol. The van der Waals surface area contributed by atoms with Crippen LogP contribution in [0.2, 0.25) is 0 Å². The van der Waals surface area contributed by atoms with Crippen LogP contribution in [0.15, 0.2) is 47.1 Å². The van der Waals surface area contributed by atoms with E-state index in [1.54, 1.807) is 6.26 Å². The van der Waals surface area contributed by atoms with Crippen LogP contribution < -0.4 is 0 Å². The number of carbonyl (C=O) groups excluding carboxylic acids is 1. The Morgan fingerprint density at radius 3 is 2.60 bits per heavy atom. The molecule has 3 rings (SSSR count). The summed E-state index contributed by atoms with van der Waals surface area (Å²) < 4.78 is 5.38. The predicted molar refractivity (Wildman–Crippen MR) is 77.5 cm³/mol. The van der Waals surface area contributed by atoms with E-state index in [0.717, 1.165) is 43.1 Å². The summed E-state index contributed by atoms with van der Waals surface area (Å²) in [6.45, 7) is 3.45. The van der Waals surface area contributed by atoms with Crippen LogP contribution in [-0.4, -0.2) is 48.9 Å². The maximum atomic E-state index is 12.5. The van der Waals surface area contributed by atoms with Crippen LogP contribution in [0.1, 0.15) is 10.4 Å². The molecule has 1 aliphatic rings. The van der Waals surface area contributed by atoms with Gasteiger partial charge in [0.15, 0.2) is 0 Å². The molecule has 0 unspecified atom stereocenters. The van der Waals surface area contributed by atoms with E-state index in [1.807, 2.05) is 41.3 Å². The molecule has 2 heterocycles. The Kier molecular flexibility index (Phi) is 3.56. The van der Waals surface area contributed by atoms with Crippen LogP contribution in [0.5, 0.6) is 0 Å². The third-order valence-corrected chi connectivity index (χ3v) is 3.71. The minimum absolute atomic E-state index is 0.103. The Balaban J connectivity index is 1.80. The third-order valence-electron chi connectivity index (χ3n) is 3.71. The molecule has 0 N–H and O–H groups in total.